The van der Waals surface area contributed by atoms with Gasteiger partial charge in [0, 0.05) is 29.5 Å². The topological polar surface area (TPSA) is 92.2 Å². The Balaban J connectivity index is 1.37. The number of hydrogen-bond acceptors (Lipinski definition) is 7. The number of nitrogens with one attached hydrogen (secondary N) is 2. The predicted molar refractivity (Wildman–Crippen MR) is 128 cm³/mol. The van der Waals surface area contributed by atoms with E-state index in [4.69, 9.17) is 11.6 Å². The lowest BCUT2D eigenvalue weighted by atomic mass is 10.3. The van der Waals surface area contributed by atoms with Crippen LogP contribution in [0.25, 0.3) is 5.69 Å². The van der Waals surface area contributed by atoms with Gasteiger partial charge in [0.1, 0.15) is 0 Å². The lowest BCUT2D eigenvalue weighted by molar-refractivity contribution is -0.117. The summed E-state index contributed by atoms with van der Waals surface area (Å²) in [5.74, 6) is 0.378. The number of thiophene rings is 1. The van der Waals surface area contributed by atoms with Gasteiger partial charge in [-0.05, 0) is 48.9 Å². The minimum atomic E-state index is -0.499. The van der Waals surface area contributed by atoms with Crippen molar-refractivity contribution in [3.05, 3.63) is 51.7 Å². The van der Waals surface area contributed by atoms with E-state index in [1.165, 1.54) is 16.6 Å². The lowest BCUT2D eigenvalue weighted by Crippen LogP contribution is -2.41. The van der Waals surface area contributed by atoms with Crippen molar-refractivity contribution in [2.24, 2.45) is 0 Å². The van der Waals surface area contributed by atoms with Gasteiger partial charge in [-0.15, -0.1) is 21.5 Å². The highest BCUT2D eigenvalue weighted by Crippen LogP contribution is 2.29. The first-order chi connectivity index (χ1) is 15.6. The quantitative estimate of drug-likeness (QED) is 0.467. The summed E-state index contributed by atoms with van der Waals surface area (Å²) in [5.41, 5.74) is 0.832. The molecule has 1 saturated heterocycles. The molecule has 3 heterocycles. The van der Waals surface area contributed by atoms with Crippen LogP contribution >= 0.6 is 34.7 Å². The van der Waals surface area contributed by atoms with E-state index in [-0.39, 0.29) is 5.75 Å². The highest BCUT2D eigenvalue weighted by atomic mass is 35.5. The molecule has 3 aromatic rings. The monoisotopic (exact) mass is 490 g/mol. The first-order valence-corrected chi connectivity index (χ1v) is 12.5. The molecule has 0 atom stereocenters. The molecule has 0 unspecified atom stereocenters. The molecular formula is C21H23ClN6O2S2. The lowest BCUT2D eigenvalue weighted by Gasteiger charge is -2.18. The predicted octanol–water partition coefficient (Wildman–Crippen LogP) is 3.74. The number of halogens is 1. The third-order valence-electron chi connectivity index (χ3n) is 4.89. The van der Waals surface area contributed by atoms with Gasteiger partial charge in [-0.25, -0.2) is 4.79 Å². The number of benzene rings is 1. The fourth-order valence-electron chi connectivity index (χ4n) is 3.41. The van der Waals surface area contributed by atoms with Gasteiger partial charge >= 0.3 is 6.03 Å². The zero-order chi connectivity index (χ0) is 22.3. The molecule has 2 aromatic heterocycles. The van der Waals surface area contributed by atoms with Crippen LogP contribution in [0.5, 0.6) is 0 Å². The van der Waals surface area contributed by atoms with Crippen LogP contribution in [0.2, 0.25) is 5.02 Å². The molecule has 4 rings (SSSR count). The number of thioether (sulfide) groups is 1. The summed E-state index contributed by atoms with van der Waals surface area (Å²) in [6.07, 6.45) is 2.94. The number of anilines is 1. The summed E-state index contributed by atoms with van der Waals surface area (Å²) in [5, 5.41) is 16.9. The van der Waals surface area contributed by atoms with Crippen LogP contribution in [-0.2, 0) is 11.2 Å². The zero-order valence-corrected chi connectivity index (χ0v) is 19.7. The van der Waals surface area contributed by atoms with Gasteiger partial charge in [0.25, 0.3) is 0 Å². The average molecular weight is 491 g/mol. The first-order valence-electron chi connectivity index (χ1n) is 10.3. The molecule has 1 aliphatic heterocycles. The Kier molecular flexibility index (Phi) is 7.67. The van der Waals surface area contributed by atoms with Crippen LogP contribution in [-0.4, -0.2) is 52.1 Å². The Morgan fingerprint density at radius 2 is 2.00 bits per heavy atom. The highest BCUT2D eigenvalue weighted by molar-refractivity contribution is 7.99. The smallest absolute Gasteiger partial charge is 0.321 e. The minimum Gasteiger partial charge on any atom is -0.341 e. The Labute approximate surface area is 199 Å². The molecule has 3 amide bonds. The van der Waals surface area contributed by atoms with Crippen molar-refractivity contribution in [2.75, 3.05) is 30.3 Å². The molecule has 0 aliphatic carbocycles. The Morgan fingerprint density at radius 3 is 2.75 bits per heavy atom. The third kappa shape index (κ3) is 5.81. The fourth-order valence-corrected chi connectivity index (χ4v) is 5.05. The van der Waals surface area contributed by atoms with Crippen LogP contribution in [0.1, 0.15) is 17.7 Å². The summed E-state index contributed by atoms with van der Waals surface area (Å²) < 4.78 is 1.91. The Morgan fingerprint density at radius 1 is 1.16 bits per heavy atom. The van der Waals surface area contributed by atoms with Gasteiger partial charge in [0.2, 0.25) is 11.9 Å². The molecule has 32 heavy (non-hydrogen) atoms. The van der Waals surface area contributed by atoms with Gasteiger partial charge in [-0.3, -0.25) is 14.7 Å². The second-order valence-electron chi connectivity index (χ2n) is 7.21. The molecule has 11 heteroatoms. The Hall–Kier alpha value is -2.56. The molecule has 0 bridgehead atoms. The number of hydrogen-bond donors (Lipinski definition) is 2. The van der Waals surface area contributed by atoms with Crippen molar-refractivity contribution < 1.29 is 9.59 Å². The number of amides is 3. The molecular weight excluding hydrogens is 468 g/mol. The molecule has 1 fully saturated rings. The summed E-state index contributed by atoms with van der Waals surface area (Å²) in [6, 6.07) is 10.9. The third-order valence-corrected chi connectivity index (χ3v) is 6.99. The minimum absolute atomic E-state index is 0.0387. The molecule has 1 aliphatic rings. The summed E-state index contributed by atoms with van der Waals surface area (Å²) in [4.78, 5) is 27.7. The molecule has 2 N–H and O–H groups in total. The van der Waals surface area contributed by atoms with E-state index in [2.05, 4.69) is 25.7 Å². The van der Waals surface area contributed by atoms with Crippen molar-refractivity contribution in [3.63, 3.8) is 0 Å². The molecule has 0 radical (unpaired) electrons. The maximum absolute atomic E-state index is 12.3. The average Bonchev–Trinajstić information content (AvgIpc) is 3.53. The fraction of sp³-hybridized carbons (Fsp3) is 0.333. The zero-order valence-electron chi connectivity index (χ0n) is 17.3. The van der Waals surface area contributed by atoms with Crippen molar-refractivity contribution in [3.8, 4) is 5.69 Å². The number of carbonyl (C=O) groups excluding carboxylic acids is 2. The maximum Gasteiger partial charge on any atom is 0.321 e. The summed E-state index contributed by atoms with van der Waals surface area (Å²) in [7, 11) is 0. The van der Waals surface area contributed by atoms with E-state index < -0.39 is 11.9 Å². The van der Waals surface area contributed by atoms with E-state index in [0.29, 0.717) is 16.7 Å². The van der Waals surface area contributed by atoms with Gasteiger partial charge < -0.3 is 10.2 Å². The summed E-state index contributed by atoms with van der Waals surface area (Å²) in [6.45, 7) is 2.29. The first kappa shape index (κ1) is 22.6. The molecule has 0 saturated carbocycles. The van der Waals surface area contributed by atoms with Crippen molar-refractivity contribution in [2.45, 2.75) is 24.4 Å². The maximum atomic E-state index is 12.3. The largest absolute Gasteiger partial charge is 0.341 e. The normalized spacial score (nSPS) is 13.3. The summed E-state index contributed by atoms with van der Waals surface area (Å²) >= 11 is 9.07. The SMILES string of the molecule is O=C(CSc1nnc(N2CCCC2)n1-c1cccc(Cl)c1)NC(=O)NCCc1cccs1. The van der Waals surface area contributed by atoms with Crippen molar-refractivity contribution in [1.29, 1.82) is 0 Å². The van der Waals surface area contributed by atoms with E-state index in [1.54, 1.807) is 11.3 Å². The number of urea groups is 1. The number of nitrogens with zero attached hydrogens (tertiary/aromatic N) is 4. The van der Waals surface area contributed by atoms with Crippen molar-refractivity contribution in [1.82, 2.24) is 25.4 Å². The molecule has 168 valence electrons. The van der Waals surface area contributed by atoms with Gasteiger partial charge in [-0.1, -0.05) is 35.5 Å². The van der Waals surface area contributed by atoms with Crippen LogP contribution in [0, 0.1) is 0 Å². The standard InChI is InChI=1S/C21H23ClN6O2S2/c22-15-5-3-6-16(13-15)28-20(27-10-1-2-11-27)25-26-21(28)32-14-18(29)24-19(30)23-9-8-17-7-4-12-31-17/h3-7,12-13H,1-2,8-11,14H2,(H2,23,24,29,30). The van der Waals surface area contributed by atoms with Crippen LogP contribution < -0.4 is 15.5 Å². The second-order valence-corrected chi connectivity index (χ2v) is 9.63. The molecule has 8 nitrogen and oxygen atoms in total. The van der Waals surface area contributed by atoms with Crippen LogP contribution in [0.15, 0.2) is 46.9 Å². The van der Waals surface area contributed by atoms with Gasteiger partial charge in [0.05, 0.1) is 11.4 Å². The number of imide groups is 1. The molecule has 1 aromatic carbocycles. The van der Waals surface area contributed by atoms with Crippen LogP contribution in [0.3, 0.4) is 0 Å². The van der Waals surface area contributed by atoms with Crippen LogP contribution in [0.4, 0.5) is 10.7 Å². The number of aromatic nitrogens is 3. The number of carbonyl (C=O) groups is 2. The van der Waals surface area contributed by atoms with Crippen molar-refractivity contribution >= 4 is 52.6 Å². The number of rotatable bonds is 8. The van der Waals surface area contributed by atoms with E-state index in [0.717, 1.165) is 44.0 Å². The molecule has 0 spiro atoms. The van der Waals surface area contributed by atoms with E-state index >= 15 is 0 Å². The van der Waals surface area contributed by atoms with E-state index in [1.807, 2.05) is 46.3 Å². The highest BCUT2D eigenvalue weighted by Gasteiger charge is 2.23. The van der Waals surface area contributed by atoms with Gasteiger partial charge in [0.15, 0.2) is 5.16 Å². The van der Waals surface area contributed by atoms with E-state index in [9.17, 15) is 9.59 Å². The second kappa shape index (κ2) is 10.8. The Bertz CT molecular complexity index is 1070. The van der Waals surface area contributed by atoms with Gasteiger partial charge in [-0.2, -0.15) is 0 Å².